The van der Waals surface area contributed by atoms with Gasteiger partial charge in [-0.2, -0.15) is 0 Å². The van der Waals surface area contributed by atoms with Gasteiger partial charge in [-0.25, -0.2) is 9.97 Å². The molecule has 1 aliphatic rings. The Bertz CT molecular complexity index is 1430. The van der Waals surface area contributed by atoms with Crippen molar-refractivity contribution in [1.82, 2.24) is 19.9 Å². The average molecular weight is 489 g/mol. The molecule has 1 aliphatic heterocycles. The number of fused-ring (bicyclic) bond motifs is 3. The molecule has 2 atom stereocenters. The number of thioether (sulfide) groups is 2. The molecule has 8 nitrogen and oxygen atoms in total. The lowest BCUT2D eigenvalue weighted by Gasteiger charge is -2.42. The molecular weight excluding hydrogens is 468 g/mol. The first-order valence-corrected chi connectivity index (χ1v) is 12.8. The molecule has 6 rings (SSSR count). The molecule has 0 radical (unpaired) electrons. The minimum atomic E-state index is -0.553. The van der Waals surface area contributed by atoms with E-state index in [0.717, 1.165) is 42.2 Å². The molecule has 2 aromatic heterocycles. The summed E-state index contributed by atoms with van der Waals surface area (Å²) in [6.07, 6.45) is 0. The van der Waals surface area contributed by atoms with Crippen molar-refractivity contribution in [3.05, 3.63) is 82.9 Å². The highest BCUT2D eigenvalue weighted by atomic mass is 32.2. The van der Waals surface area contributed by atoms with E-state index >= 15 is 0 Å². The molecule has 0 bridgehead atoms. The maximum atomic E-state index is 13.4. The van der Waals surface area contributed by atoms with E-state index in [1.54, 1.807) is 24.3 Å². The number of hydroxylamine groups is 1. The van der Waals surface area contributed by atoms with Crippen LogP contribution in [0.3, 0.4) is 0 Å². The van der Waals surface area contributed by atoms with Crippen molar-refractivity contribution < 1.29 is 4.76 Å². The Kier molecular flexibility index (Phi) is 5.48. The normalized spacial score (nSPS) is 18.0. The van der Waals surface area contributed by atoms with Gasteiger partial charge >= 0.3 is 0 Å². The number of anilines is 1. The van der Waals surface area contributed by atoms with Crippen LogP contribution in [-0.4, -0.2) is 48.3 Å². The number of para-hydroxylation sites is 6. The maximum Gasteiger partial charge on any atom is 0.278 e. The van der Waals surface area contributed by atoms with E-state index in [1.165, 1.54) is 23.5 Å². The van der Waals surface area contributed by atoms with Crippen LogP contribution in [0.25, 0.3) is 22.1 Å². The summed E-state index contributed by atoms with van der Waals surface area (Å²) < 4.78 is 0.989. The largest absolute Gasteiger partial charge is 0.758 e. The van der Waals surface area contributed by atoms with E-state index in [1.807, 2.05) is 48.5 Å². The first-order chi connectivity index (χ1) is 16.7. The van der Waals surface area contributed by atoms with Gasteiger partial charge in [-0.05, 0) is 30.3 Å². The van der Waals surface area contributed by atoms with Crippen molar-refractivity contribution in [2.45, 2.75) is 22.4 Å². The van der Waals surface area contributed by atoms with Crippen molar-refractivity contribution >= 4 is 57.0 Å². The zero-order valence-corrected chi connectivity index (χ0v) is 19.6. The quantitative estimate of drug-likeness (QED) is 0.241. The van der Waals surface area contributed by atoms with Gasteiger partial charge in [0.05, 0.1) is 33.9 Å². The summed E-state index contributed by atoms with van der Waals surface area (Å²) in [4.78, 5) is 29.2. The summed E-state index contributed by atoms with van der Waals surface area (Å²) in [6, 6.07) is 21.5. The van der Waals surface area contributed by atoms with Crippen LogP contribution in [0.5, 0.6) is 0 Å². The topological polar surface area (TPSA) is 104 Å². The van der Waals surface area contributed by atoms with Crippen LogP contribution < -0.4 is 5.06 Å². The number of nitrogens with zero attached hydrogens (tertiary/aromatic N) is 4. The summed E-state index contributed by atoms with van der Waals surface area (Å²) >= 11 is 2.91. The van der Waals surface area contributed by atoms with E-state index in [4.69, 9.17) is 0 Å². The molecule has 0 fully saturated rings. The summed E-state index contributed by atoms with van der Waals surface area (Å²) in [7, 11) is 0. The van der Waals surface area contributed by atoms with E-state index < -0.39 is 12.1 Å². The third-order valence-electron chi connectivity index (χ3n) is 5.92. The zero-order chi connectivity index (χ0) is 23.1. The van der Waals surface area contributed by atoms with Crippen LogP contribution in [-0.2, 0) is 0 Å². The average Bonchev–Trinajstić information content (AvgIpc) is 3.48. The molecular formula is C24H20N6O2S2. The van der Waals surface area contributed by atoms with Crippen LogP contribution >= 0.6 is 23.5 Å². The second kappa shape index (κ2) is 8.79. The molecule has 0 amide bonds. The van der Waals surface area contributed by atoms with Gasteiger partial charge in [-0.15, -0.1) is 0 Å². The van der Waals surface area contributed by atoms with Crippen LogP contribution in [0.1, 0.15) is 0 Å². The van der Waals surface area contributed by atoms with E-state index in [9.17, 15) is 10.1 Å². The fourth-order valence-electron chi connectivity index (χ4n) is 4.19. The number of benzene rings is 3. The van der Waals surface area contributed by atoms with Gasteiger partial charge in [0.1, 0.15) is 5.69 Å². The lowest BCUT2D eigenvalue weighted by Crippen LogP contribution is -2.51. The number of nitroso groups, excluding NO2 is 1. The molecule has 0 saturated carbocycles. The van der Waals surface area contributed by atoms with E-state index in [0.29, 0.717) is 22.9 Å². The molecule has 0 saturated heterocycles. The SMILES string of the molecule is O=[N+]1c2ccccc2N([O-])C(CSc2nc3ccccc3[nH]2)C1CSc1nc2ccccc2[nH]1. The van der Waals surface area contributed by atoms with Crippen molar-refractivity contribution in [2.75, 3.05) is 16.6 Å². The number of H-pyrrole nitrogens is 2. The first-order valence-electron chi connectivity index (χ1n) is 10.8. The van der Waals surface area contributed by atoms with Crippen molar-refractivity contribution in [1.29, 1.82) is 0 Å². The Morgan fingerprint density at radius 2 is 1.38 bits per heavy atom. The van der Waals surface area contributed by atoms with Crippen molar-refractivity contribution in [2.24, 2.45) is 0 Å². The van der Waals surface area contributed by atoms with Crippen LogP contribution in [0.4, 0.5) is 11.4 Å². The monoisotopic (exact) mass is 488 g/mol. The van der Waals surface area contributed by atoms with Crippen molar-refractivity contribution in [3.8, 4) is 0 Å². The summed E-state index contributed by atoms with van der Waals surface area (Å²) in [6.45, 7) is 0. The highest BCUT2D eigenvalue weighted by molar-refractivity contribution is 7.99. The molecule has 5 aromatic rings. The number of aromatic nitrogens is 4. The van der Waals surface area contributed by atoms with Gasteiger partial charge in [0.2, 0.25) is 6.04 Å². The number of rotatable bonds is 6. The Labute approximate surface area is 203 Å². The Balaban J connectivity index is 1.26. The molecule has 170 valence electrons. The van der Waals surface area contributed by atoms with Crippen LogP contribution in [0.2, 0.25) is 0 Å². The summed E-state index contributed by atoms with van der Waals surface area (Å²) in [5, 5.41) is 15.8. The smallest absolute Gasteiger partial charge is 0.278 e. The molecule has 2 unspecified atom stereocenters. The number of nitrogens with one attached hydrogen (secondary N) is 2. The number of aromatic amines is 2. The lowest BCUT2D eigenvalue weighted by molar-refractivity contribution is -0.505. The van der Waals surface area contributed by atoms with Crippen LogP contribution in [0, 0.1) is 10.1 Å². The van der Waals surface area contributed by atoms with Gasteiger partial charge in [-0.3, -0.25) is 0 Å². The number of hydrogen-bond acceptors (Lipinski definition) is 7. The second-order valence-electron chi connectivity index (χ2n) is 8.02. The standard InChI is InChI=1S/C24H20N6O2S2/c31-29-19-11-5-6-12-20(19)30(32)22(14-34-24-27-17-9-3-4-10-18(17)28-24)21(29)13-33-23-25-15-7-1-2-8-16(15)26-23/h1-12,21-22H,13-14H2,(H,25,26)(H,27,28). The van der Waals surface area contributed by atoms with E-state index in [2.05, 4.69) is 19.9 Å². The number of hydrogen-bond donors (Lipinski definition) is 2. The van der Waals surface area contributed by atoms with Gasteiger partial charge in [-0.1, -0.05) is 59.9 Å². The molecule has 3 heterocycles. The lowest BCUT2D eigenvalue weighted by atomic mass is 10.1. The molecule has 0 aliphatic carbocycles. The Morgan fingerprint density at radius 1 is 0.824 bits per heavy atom. The third-order valence-corrected chi connectivity index (χ3v) is 7.87. The maximum absolute atomic E-state index is 13.4. The van der Waals surface area contributed by atoms with Crippen LogP contribution in [0.15, 0.2) is 83.1 Å². The predicted molar refractivity (Wildman–Crippen MR) is 137 cm³/mol. The molecule has 10 heteroatoms. The van der Waals surface area contributed by atoms with Gasteiger partial charge in [0.25, 0.3) is 5.69 Å². The Morgan fingerprint density at radius 3 is 2.03 bits per heavy atom. The second-order valence-corrected chi connectivity index (χ2v) is 10.0. The van der Waals surface area contributed by atoms with Gasteiger partial charge in [0, 0.05) is 21.5 Å². The molecule has 2 N–H and O–H groups in total. The predicted octanol–water partition coefficient (Wildman–Crippen LogP) is 5.49. The Hall–Kier alpha value is -3.34. The minimum absolute atomic E-state index is 0.401. The summed E-state index contributed by atoms with van der Waals surface area (Å²) in [5.74, 6) is 0.837. The highest BCUT2D eigenvalue weighted by Crippen LogP contribution is 2.39. The fraction of sp³-hybridized carbons (Fsp3) is 0.167. The van der Waals surface area contributed by atoms with Gasteiger partial charge in [0.15, 0.2) is 10.3 Å². The highest BCUT2D eigenvalue weighted by Gasteiger charge is 2.44. The summed E-state index contributed by atoms with van der Waals surface area (Å²) in [5.41, 5.74) is 4.44. The molecule has 34 heavy (non-hydrogen) atoms. The molecule has 0 spiro atoms. The first kappa shape index (κ1) is 21.2. The molecule has 3 aromatic carbocycles. The zero-order valence-electron chi connectivity index (χ0n) is 17.9. The van der Waals surface area contributed by atoms with E-state index in [-0.39, 0.29) is 0 Å². The number of imidazole rings is 2. The third kappa shape index (κ3) is 3.83. The fourth-order valence-corrected chi connectivity index (χ4v) is 6.25. The van der Waals surface area contributed by atoms with Gasteiger partial charge < -0.3 is 20.2 Å². The minimum Gasteiger partial charge on any atom is -0.758 e. The van der Waals surface area contributed by atoms with Crippen molar-refractivity contribution in [3.63, 3.8) is 0 Å².